The number of hydrogen-bond donors (Lipinski definition) is 1. The number of nitro groups is 1. The van der Waals surface area contributed by atoms with E-state index < -0.39 is 22.8 Å². The lowest BCUT2D eigenvalue weighted by Gasteiger charge is -2.32. The van der Waals surface area contributed by atoms with Gasteiger partial charge >= 0.3 is 5.97 Å². The van der Waals surface area contributed by atoms with Gasteiger partial charge in [0.1, 0.15) is 11.9 Å². The highest BCUT2D eigenvalue weighted by Crippen LogP contribution is 2.22. The lowest BCUT2D eigenvalue weighted by molar-refractivity contribution is -0.385. The van der Waals surface area contributed by atoms with Crippen LogP contribution in [-0.4, -0.2) is 45.0 Å². The number of benzene rings is 1. The Morgan fingerprint density at radius 3 is 2.95 bits per heavy atom. The topological polar surface area (TPSA) is 83.7 Å². The van der Waals surface area contributed by atoms with Gasteiger partial charge in [0.25, 0.3) is 5.69 Å². The second-order valence-corrected chi connectivity index (χ2v) is 5.62. The van der Waals surface area contributed by atoms with Gasteiger partial charge in [-0.1, -0.05) is 0 Å². The minimum atomic E-state index is -0.928. The maximum absolute atomic E-state index is 13.4. The van der Waals surface area contributed by atoms with Crippen LogP contribution in [0.1, 0.15) is 5.56 Å². The van der Waals surface area contributed by atoms with Crippen molar-refractivity contribution in [2.24, 2.45) is 0 Å². The summed E-state index contributed by atoms with van der Waals surface area (Å²) in [5.74, 6) is -0.357. The number of hydrogen-bond acceptors (Lipinski definition) is 5. The van der Waals surface area contributed by atoms with Crippen molar-refractivity contribution in [3.8, 4) is 0 Å². The third kappa shape index (κ3) is 3.45. The lowest BCUT2D eigenvalue weighted by atomic mass is 10.1. The van der Waals surface area contributed by atoms with Crippen molar-refractivity contribution in [2.45, 2.75) is 12.6 Å². The van der Waals surface area contributed by atoms with Crippen LogP contribution in [-0.2, 0) is 11.3 Å². The van der Waals surface area contributed by atoms with Gasteiger partial charge in [-0.2, -0.15) is 11.8 Å². The molecule has 0 aromatic heterocycles. The maximum atomic E-state index is 13.4. The number of nitrogens with zero attached hydrogens (tertiary/aromatic N) is 2. The Hall–Kier alpha value is -1.67. The van der Waals surface area contributed by atoms with Gasteiger partial charge < -0.3 is 5.11 Å². The van der Waals surface area contributed by atoms with Gasteiger partial charge in [0.05, 0.1) is 11.0 Å². The molecule has 0 aliphatic carbocycles. The molecule has 8 heteroatoms. The highest BCUT2D eigenvalue weighted by atomic mass is 32.2. The van der Waals surface area contributed by atoms with Crippen molar-refractivity contribution in [3.05, 3.63) is 39.7 Å². The summed E-state index contributed by atoms with van der Waals surface area (Å²) in [6.45, 7) is 0.752. The molecular formula is C12H13FN2O4S. The van der Waals surface area contributed by atoms with Gasteiger partial charge in [-0.25, -0.2) is 4.39 Å². The number of aliphatic carboxylic acids is 1. The molecule has 6 nitrogen and oxygen atoms in total. The average molecular weight is 300 g/mol. The van der Waals surface area contributed by atoms with Crippen LogP contribution >= 0.6 is 11.8 Å². The highest BCUT2D eigenvalue weighted by Gasteiger charge is 2.29. The Balaban J connectivity index is 2.19. The van der Waals surface area contributed by atoms with E-state index >= 15 is 0 Å². The number of carbonyl (C=O) groups is 1. The summed E-state index contributed by atoms with van der Waals surface area (Å²) in [6.07, 6.45) is 0. The van der Waals surface area contributed by atoms with Crippen molar-refractivity contribution in [1.82, 2.24) is 4.90 Å². The van der Waals surface area contributed by atoms with Crippen molar-refractivity contribution >= 4 is 23.4 Å². The molecule has 1 fully saturated rings. The Bertz CT molecular complexity index is 540. The van der Waals surface area contributed by atoms with Crippen LogP contribution in [0.2, 0.25) is 0 Å². The van der Waals surface area contributed by atoms with Crippen LogP contribution in [0.25, 0.3) is 0 Å². The number of carboxylic acids is 1. The van der Waals surface area contributed by atoms with E-state index in [0.29, 0.717) is 17.9 Å². The fourth-order valence-electron chi connectivity index (χ4n) is 2.12. The standard InChI is InChI=1S/C12H13FN2O4S/c13-9-3-8(4-10(5-9)15(18)19)6-14-1-2-20-7-11(14)12(16)17/h3-5,11H,1-2,6-7H2,(H,16,17). The molecule has 0 amide bonds. The van der Waals surface area contributed by atoms with Gasteiger partial charge in [-0.15, -0.1) is 0 Å². The minimum Gasteiger partial charge on any atom is -0.480 e. The van der Waals surface area contributed by atoms with Crippen molar-refractivity contribution in [2.75, 3.05) is 18.1 Å². The first-order chi connectivity index (χ1) is 9.47. The van der Waals surface area contributed by atoms with Crippen molar-refractivity contribution in [1.29, 1.82) is 0 Å². The number of carboxylic acid groups (broad SMARTS) is 1. The van der Waals surface area contributed by atoms with E-state index in [1.165, 1.54) is 12.1 Å². The smallest absolute Gasteiger partial charge is 0.321 e. The summed E-state index contributed by atoms with van der Waals surface area (Å²) in [7, 11) is 0. The predicted octanol–water partition coefficient (Wildman–Crippen LogP) is 1.74. The minimum absolute atomic E-state index is 0.191. The molecule has 0 bridgehead atoms. The molecule has 20 heavy (non-hydrogen) atoms. The summed E-state index contributed by atoms with van der Waals surface area (Å²) in [5, 5.41) is 19.8. The maximum Gasteiger partial charge on any atom is 0.321 e. The van der Waals surface area contributed by atoms with E-state index in [1.54, 1.807) is 16.7 Å². The Kier molecular flexibility index (Phi) is 4.56. The average Bonchev–Trinajstić information content (AvgIpc) is 2.38. The molecule has 0 spiro atoms. The van der Waals surface area contributed by atoms with Gasteiger partial charge in [0, 0.05) is 30.7 Å². The second kappa shape index (κ2) is 6.19. The normalized spacial score (nSPS) is 19.8. The molecule has 1 atom stereocenters. The summed E-state index contributed by atoms with van der Waals surface area (Å²) in [5.41, 5.74) is 0.0908. The second-order valence-electron chi connectivity index (χ2n) is 4.47. The lowest BCUT2D eigenvalue weighted by Crippen LogP contribution is -2.46. The van der Waals surface area contributed by atoms with Crippen molar-refractivity contribution < 1.29 is 19.2 Å². The first-order valence-corrected chi connectivity index (χ1v) is 7.11. The molecule has 1 aliphatic heterocycles. The number of nitro benzene ring substituents is 1. The molecule has 1 aromatic carbocycles. The Labute approximate surface area is 118 Å². The molecule has 1 N–H and O–H groups in total. The fraction of sp³-hybridized carbons (Fsp3) is 0.417. The molecule has 1 aliphatic rings. The third-order valence-electron chi connectivity index (χ3n) is 3.06. The predicted molar refractivity (Wildman–Crippen MR) is 72.2 cm³/mol. The molecule has 1 unspecified atom stereocenters. The van der Waals surface area contributed by atoms with E-state index in [2.05, 4.69) is 0 Å². The zero-order valence-corrected chi connectivity index (χ0v) is 11.3. The first-order valence-electron chi connectivity index (χ1n) is 5.96. The summed E-state index contributed by atoms with van der Waals surface area (Å²) in [6, 6.07) is 2.69. The van der Waals surface area contributed by atoms with Gasteiger partial charge in [0.15, 0.2) is 0 Å². The fourth-order valence-corrected chi connectivity index (χ4v) is 3.23. The molecule has 2 rings (SSSR count). The van der Waals surface area contributed by atoms with Gasteiger partial charge in [-0.3, -0.25) is 19.8 Å². The number of rotatable bonds is 4. The van der Waals surface area contributed by atoms with Crippen LogP contribution in [0.4, 0.5) is 10.1 Å². The molecular weight excluding hydrogens is 287 g/mol. The number of thioether (sulfide) groups is 1. The van der Waals surface area contributed by atoms with E-state index in [-0.39, 0.29) is 12.2 Å². The quantitative estimate of drug-likeness (QED) is 0.673. The highest BCUT2D eigenvalue weighted by molar-refractivity contribution is 7.99. The van der Waals surface area contributed by atoms with Gasteiger partial charge in [0.2, 0.25) is 0 Å². The summed E-state index contributed by atoms with van der Waals surface area (Å²) >= 11 is 1.55. The molecule has 108 valence electrons. The number of non-ortho nitro benzene ring substituents is 1. The van der Waals surface area contributed by atoms with E-state index in [4.69, 9.17) is 5.11 Å². The monoisotopic (exact) mass is 300 g/mol. The van der Waals surface area contributed by atoms with Crippen LogP contribution in [0.15, 0.2) is 18.2 Å². The summed E-state index contributed by atoms with van der Waals surface area (Å²) < 4.78 is 13.4. The number of halogens is 1. The molecule has 0 radical (unpaired) electrons. The summed E-state index contributed by atoms with van der Waals surface area (Å²) in [4.78, 5) is 22.9. The van der Waals surface area contributed by atoms with Crippen LogP contribution in [0.3, 0.4) is 0 Å². The van der Waals surface area contributed by atoms with Crippen LogP contribution in [0.5, 0.6) is 0 Å². The Morgan fingerprint density at radius 1 is 1.55 bits per heavy atom. The SMILES string of the molecule is O=C(O)C1CSCCN1Cc1cc(F)cc([N+](=O)[O-])c1. The van der Waals surface area contributed by atoms with Crippen LogP contribution < -0.4 is 0 Å². The zero-order valence-electron chi connectivity index (χ0n) is 10.5. The third-order valence-corrected chi connectivity index (χ3v) is 4.09. The first kappa shape index (κ1) is 14.7. The molecule has 0 saturated carbocycles. The zero-order chi connectivity index (χ0) is 14.7. The molecule has 1 saturated heterocycles. The largest absolute Gasteiger partial charge is 0.480 e. The van der Waals surface area contributed by atoms with Gasteiger partial charge in [-0.05, 0) is 11.6 Å². The Morgan fingerprint density at radius 2 is 2.30 bits per heavy atom. The van der Waals surface area contributed by atoms with E-state index in [1.807, 2.05) is 0 Å². The van der Waals surface area contributed by atoms with Crippen LogP contribution in [0, 0.1) is 15.9 Å². The molecule has 1 aromatic rings. The molecule has 1 heterocycles. The van der Waals surface area contributed by atoms with Crippen molar-refractivity contribution in [3.63, 3.8) is 0 Å². The van der Waals surface area contributed by atoms with E-state index in [9.17, 15) is 19.3 Å². The van der Waals surface area contributed by atoms with E-state index in [0.717, 1.165) is 11.8 Å².